The Labute approximate surface area is 130 Å². The van der Waals surface area contributed by atoms with Gasteiger partial charge in [0.1, 0.15) is 19.0 Å². The van der Waals surface area contributed by atoms with Crippen LogP contribution in [0.1, 0.15) is 26.7 Å². The van der Waals surface area contributed by atoms with Crippen LogP contribution in [0.5, 0.6) is 0 Å². The number of hydrogen-bond acceptors (Lipinski definition) is 7. The van der Waals surface area contributed by atoms with Gasteiger partial charge in [0, 0.05) is 7.11 Å². The third-order valence-electron chi connectivity index (χ3n) is 2.98. The largest absolute Gasteiger partial charge is 0.464 e. The molecule has 0 aromatic heterocycles. The molecule has 0 bridgehead atoms. The Bertz CT molecular complexity index is 445. The molecule has 9 heteroatoms. The molecule has 0 aliphatic rings. The van der Waals surface area contributed by atoms with Gasteiger partial charge in [0.2, 0.25) is 0 Å². The molecule has 8 nitrogen and oxygen atoms in total. The van der Waals surface area contributed by atoms with Crippen molar-refractivity contribution in [2.75, 3.05) is 32.7 Å². The van der Waals surface area contributed by atoms with Gasteiger partial charge >= 0.3 is 11.9 Å². The first kappa shape index (κ1) is 20.8. The van der Waals surface area contributed by atoms with Gasteiger partial charge in [-0.2, -0.15) is 8.42 Å². The summed E-state index contributed by atoms with van der Waals surface area (Å²) in [6.45, 7) is 3.42. The van der Waals surface area contributed by atoms with E-state index in [0.717, 1.165) is 0 Å². The first-order valence-corrected chi connectivity index (χ1v) is 8.59. The Hall–Kier alpha value is -1.19. The minimum atomic E-state index is -4.16. The second kappa shape index (κ2) is 10.5. The number of carbonyl (C=O) groups excluding carboxylic acids is 2. The molecule has 0 saturated carbocycles. The van der Waals surface area contributed by atoms with Crippen molar-refractivity contribution in [3.05, 3.63) is 0 Å². The van der Waals surface area contributed by atoms with E-state index in [9.17, 15) is 18.0 Å². The van der Waals surface area contributed by atoms with Crippen molar-refractivity contribution in [3.63, 3.8) is 0 Å². The van der Waals surface area contributed by atoms with Crippen LogP contribution in [0, 0.1) is 11.8 Å². The number of carbonyl (C=O) groups is 2. The van der Waals surface area contributed by atoms with Gasteiger partial charge in [-0.3, -0.25) is 14.1 Å². The minimum absolute atomic E-state index is 0.152. The Kier molecular flexibility index (Phi) is 9.95. The molecule has 2 atom stereocenters. The predicted octanol–water partition coefficient (Wildman–Crippen LogP) is 0.659. The highest BCUT2D eigenvalue weighted by Crippen LogP contribution is 2.18. The molecule has 0 aliphatic carbocycles. The smallest absolute Gasteiger partial charge is 0.309 e. The van der Waals surface area contributed by atoms with Gasteiger partial charge in [-0.05, 0) is 12.8 Å². The fraction of sp³-hybridized carbons (Fsp3) is 0.846. The highest BCUT2D eigenvalue weighted by Gasteiger charge is 2.25. The third-order valence-corrected chi connectivity index (χ3v) is 3.67. The summed E-state index contributed by atoms with van der Waals surface area (Å²) in [7, 11) is -2.67. The number of ether oxygens (including phenoxy) is 3. The maximum Gasteiger partial charge on any atom is 0.309 e. The van der Waals surface area contributed by atoms with Gasteiger partial charge < -0.3 is 14.2 Å². The maximum absolute atomic E-state index is 11.8. The Morgan fingerprint density at radius 2 is 1.68 bits per heavy atom. The van der Waals surface area contributed by atoms with E-state index in [0.29, 0.717) is 13.0 Å². The van der Waals surface area contributed by atoms with Gasteiger partial charge in [0.25, 0.3) is 10.1 Å². The van der Waals surface area contributed by atoms with Crippen molar-refractivity contribution < 1.29 is 36.8 Å². The van der Waals surface area contributed by atoms with Crippen molar-refractivity contribution in [1.29, 1.82) is 0 Å². The van der Waals surface area contributed by atoms with E-state index in [2.05, 4.69) is 0 Å². The van der Waals surface area contributed by atoms with Crippen molar-refractivity contribution in [1.82, 2.24) is 0 Å². The highest BCUT2D eigenvalue weighted by molar-refractivity contribution is 7.85. The van der Waals surface area contributed by atoms with Gasteiger partial charge in [-0.1, -0.05) is 13.8 Å². The van der Waals surface area contributed by atoms with E-state index >= 15 is 0 Å². The topological polar surface area (TPSA) is 116 Å². The summed E-state index contributed by atoms with van der Waals surface area (Å²) in [5, 5.41) is 0. The van der Waals surface area contributed by atoms with Crippen molar-refractivity contribution in [2.24, 2.45) is 11.8 Å². The fourth-order valence-corrected chi connectivity index (χ4v) is 1.98. The van der Waals surface area contributed by atoms with Crippen molar-refractivity contribution in [3.8, 4) is 0 Å². The molecule has 130 valence electrons. The van der Waals surface area contributed by atoms with Gasteiger partial charge in [0.05, 0.1) is 18.4 Å². The summed E-state index contributed by atoms with van der Waals surface area (Å²) in [5.74, 6) is -2.70. The van der Waals surface area contributed by atoms with Gasteiger partial charge in [-0.15, -0.1) is 0 Å². The summed E-state index contributed by atoms with van der Waals surface area (Å²) in [4.78, 5) is 23.5. The summed E-state index contributed by atoms with van der Waals surface area (Å²) >= 11 is 0. The second-order valence-electron chi connectivity index (χ2n) is 4.86. The summed E-state index contributed by atoms with van der Waals surface area (Å²) < 4.78 is 44.1. The predicted molar refractivity (Wildman–Crippen MR) is 77.8 cm³/mol. The normalized spacial score (nSPS) is 14.2. The number of esters is 2. The monoisotopic (exact) mass is 340 g/mol. The number of hydrogen-bond donors (Lipinski definition) is 1. The average Bonchev–Trinajstić information content (AvgIpc) is 2.42. The SMILES string of the molecule is CCC(CC(C)C(=O)OCCS(=O)(=O)O)C(=O)OCCOC. The summed E-state index contributed by atoms with van der Waals surface area (Å²) in [6.07, 6.45) is 0.751. The standard InChI is InChI=1S/C13H24O8S/c1-4-11(13(15)20-6-5-19-3)9-10(2)12(14)21-7-8-22(16,17)18/h10-11H,4-9H2,1-3H3,(H,16,17,18). The molecule has 0 saturated heterocycles. The lowest BCUT2D eigenvalue weighted by molar-refractivity contribution is -0.153. The van der Waals surface area contributed by atoms with Crippen LogP contribution in [0.3, 0.4) is 0 Å². The van der Waals surface area contributed by atoms with Crippen LogP contribution in [0.4, 0.5) is 0 Å². The van der Waals surface area contributed by atoms with E-state index < -0.39 is 46.3 Å². The molecule has 0 rings (SSSR count). The molecule has 0 amide bonds. The van der Waals surface area contributed by atoms with E-state index in [1.165, 1.54) is 7.11 Å². The van der Waals surface area contributed by atoms with Crippen molar-refractivity contribution in [2.45, 2.75) is 26.7 Å². The van der Waals surface area contributed by atoms with Crippen LogP contribution >= 0.6 is 0 Å². The fourth-order valence-electron chi connectivity index (χ4n) is 1.69. The van der Waals surface area contributed by atoms with E-state index in [1.807, 2.05) is 0 Å². The van der Waals surface area contributed by atoms with Crippen LogP contribution in [-0.4, -0.2) is 57.6 Å². The molecule has 22 heavy (non-hydrogen) atoms. The Morgan fingerprint density at radius 1 is 1.09 bits per heavy atom. The van der Waals surface area contributed by atoms with Crippen LogP contribution in [0.15, 0.2) is 0 Å². The van der Waals surface area contributed by atoms with E-state index in [4.69, 9.17) is 18.8 Å². The molecule has 0 heterocycles. The molecule has 0 radical (unpaired) electrons. The zero-order chi connectivity index (χ0) is 17.2. The molecule has 2 unspecified atom stereocenters. The lowest BCUT2D eigenvalue weighted by Crippen LogP contribution is -2.26. The molecular formula is C13H24O8S. The molecule has 0 aromatic rings. The lowest BCUT2D eigenvalue weighted by atomic mass is 9.94. The molecule has 0 aromatic carbocycles. The minimum Gasteiger partial charge on any atom is -0.464 e. The van der Waals surface area contributed by atoms with E-state index in [-0.39, 0.29) is 13.0 Å². The third kappa shape index (κ3) is 9.69. The van der Waals surface area contributed by atoms with Crippen LogP contribution in [0.2, 0.25) is 0 Å². The summed E-state index contributed by atoms with van der Waals surface area (Å²) in [6, 6.07) is 0. The van der Waals surface area contributed by atoms with Crippen LogP contribution in [-0.2, 0) is 33.9 Å². The Morgan fingerprint density at radius 3 is 2.18 bits per heavy atom. The first-order valence-electron chi connectivity index (χ1n) is 6.98. The number of methoxy groups -OCH3 is 1. The molecule has 0 aliphatic heterocycles. The second-order valence-corrected chi connectivity index (χ2v) is 6.43. The lowest BCUT2D eigenvalue weighted by Gasteiger charge is -2.17. The Balaban J connectivity index is 4.25. The van der Waals surface area contributed by atoms with Crippen LogP contribution in [0.25, 0.3) is 0 Å². The summed E-state index contributed by atoms with van der Waals surface area (Å²) in [5.41, 5.74) is 0. The zero-order valence-electron chi connectivity index (χ0n) is 13.1. The molecular weight excluding hydrogens is 316 g/mol. The number of rotatable bonds is 11. The average molecular weight is 340 g/mol. The van der Waals surface area contributed by atoms with Crippen LogP contribution < -0.4 is 0 Å². The quantitative estimate of drug-likeness (QED) is 0.331. The molecule has 1 N–H and O–H groups in total. The van der Waals surface area contributed by atoms with Crippen molar-refractivity contribution >= 4 is 22.1 Å². The van der Waals surface area contributed by atoms with Gasteiger partial charge in [0.15, 0.2) is 0 Å². The molecule has 0 fully saturated rings. The van der Waals surface area contributed by atoms with E-state index in [1.54, 1.807) is 13.8 Å². The zero-order valence-corrected chi connectivity index (χ0v) is 13.9. The first-order chi connectivity index (χ1) is 10.2. The molecule has 0 spiro atoms. The highest BCUT2D eigenvalue weighted by atomic mass is 32.2. The van der Waals surface area contributed by atoms with Gasteiger partial charge in [-0.25, -0.2) is 0 Å². The maximum atomic E-state index is 11.8.